The average Bonchev–Trinajstić information content (AvgIpc) is 2.84. The van der Waals surface area contributed by atoms with Crippen LogP contribution in [0.1, 0.15) is 31.9 Å². The van der Waals surface area contributed by atoms with Crippen molar-refractivity contribution in [2.75, 3.05) is 33.7 Å². The molecule has 0 aromatic heterocycles. The van der Waals surface area contributed by atoms with Crippen LogP contribution in [0.2, 0.25) is 0 Å². The Hall–Kier alpha value is -0.900. The lowest BCUT2D eigenvalue weighted by atomic mass is 10.1. The molecule has 1 saturated heterocycles. The van der Waals surface area contributed by atoms with Crippen molar-refractivity contribution in [3.05, 3.63) is 35.9 Å². The van der Waals surface area contributed by atoms with E-state index in [4.69, 9.17) is 4.74 Å². The van der Waals surface area contributed by atoms with Gasteiger partial charge in [0.1, 0.15) is 6.23 Å². The highest BCUT2D eigenvalue weighted by molar-refractivity contribution is 5.18. The topological polar surface area (TPSA) is 15.7 Å². The van der Waals surface area contributed by atoms with Gasteiger partial charge in [0.15, 0.2) is 0 Å². The van der Waals surface area contributed by atoms with E-state index >= 15 is 0 Å². The fraction of sp³-hybridized carbons (Fsp3) is 0.647. The first-order chi connectivity index (χ1) is 9.58. The Bertz CT molecular complexity index is 391. The summed E-state index contributed by atoms with van der Waals surface area (Å²) < 4.78 is 6.29. The van der Waals surface area contributed by atoms with Crippen molar-refractivity contribution in [1.82, 2.24) is 9.80 Å². The van der Waals surface area contributed by atoms with Gasteiger partial charge in [0.25, 0.3) is 0 Å². The van der Waals surface area contributed by atoms with Gasteiger partial charge in [-0.15, -0.1) is 0 Å². The fourth-order valence-electron chi connectivity index (χ4n) is 2.85. The van der Waals surface area contributed by atoms with Gasteiger partial charge in [-0.3, -0.25) is 4.90 Å². The van der Waals surface area contributed by atoms with E-state index in [9.17, 15) is 0 Å². The first-order valence-electron chi connectivity index (χ1n) is 7.67. The Labute approximate surface area is 123 Å². The van der Waals surface area contributed by atoms with E-state index < -0.39 is 0 Å². The molecule has 1 aromatic rings. The van der Waals surface area contributed by atoms with Crippen LogP contribution in [0.15, 0.2) is 30.3 Å². The highest BCUT2D eigenvalue weighted by atomic mass is 16.5. The summed E-state index contributed by atoms with van der Waals surface area (Å²) in [6.45, 7) is 7.76. The zero-order chi connectivity index (χ0) is 14.5. The molecule has 0 spiro atoms. The van der Waals surface area contributed by atoms with Crippen LogP contribution in [0.4, 0.5) is 0 Å². The second-order valence-electron chi connectivity index (χ2n) is 6.32. The van der Waals surface area contributed by atoms with Crippen molar-refractivity contribution in [2.24, 2.45) is 5.92 Å². The van der Waals surface area contributed by atoms with Crippen LogP contribution in [-0.2, 0) is 4.74 Å². The lowest BCUT2D eigenvalue weighted by Crippen LogP contribution is -2.36. The summed E-state index contributed by atoms with van der Waals surface area (Å²) in [5.41, 5.74) is 1.30. The molecule has 1 fully saturated rings. The van der Waals surface area contributed by atoms with Gasteiger partial charge >= 0.3 is 0 Å². The van der Waals surface area contributed by atoms with Gasteiger partial charge in [0.2, 0.25) is 0 Å². The lowest BCUT2D eigenvalue weighted by molar-refractivity contribution is -0.0315. The molecule has 3 heteroatoms. The highest BCUT2D eigenvalue weighted by Crippen LogP contribution is 2.32. The van der Waals surface area contributed by atoms with Crippen LogP contribution >= 0.6 is 0 Å². The average molecular weight is 276 g/mol. The largest absolute Gasteiger partial charge is 0.354 e. The summed E-state index contributed by atoms with van der Waals surface area (Å²) in [7, 11) is 4.26. The van der Waals surface area contributed by atoms with E-state index in [1.165, 1.54) is 12.0 Å². The van der Waals surface area contributed by atoms with E-state index in [1.54, 1.807) is 0 Å². The summed E-state index contributed by atoms with van der Waals surface area (Å²) in [6.07, 6.45) is 1.67. The molecule has 0 unspecified atom stereocenters. The van der Waals surface area contributed by atoms with Crippen LogP contribution in [-0.4, -0.2) is 49.8 Å². The molecule has 2 atom stereocenters. The Morgan fingerprint density at radius 1 is 1.25 bits per heavy atom. The summed E-state index contributed by atoms with van der Waals surface area (Å²) >= 11 is 0. The third-order valence-electron chi connectivity index (χ3n) is 3.86. The molecule has 0 saturated carbocycles. The minimum Gasteiger partial charge on any atom is -0.354 e. The molecule has 0 aliphatic carbocycles. The predicted molar refractivity (Wildman–Crippen MR) is 83.6 cm³/mol. The summed E-state index contributed by atoms with van der Waals surface area (Å²) in [4.78, 5) is 4.75. The molecule has 0 amide bonds. The predicted octanol–water partition coefficient (Wildman–Crippen LogP) is 2.99. The van der Waals surface area contributed by atoms with Crippen LogP contribution in [0.25, 0.3) is 0 Å². The van der Waals surface area contributed by atoms with E-state index in [1.807, 2.05) is 0 Å². The maximum absolute atomic E-state index is 6.29. The van der Waals surface area contributed by atoms with E-state index in [0.717, 1.165) is 19.6 Å². The molecule has 2 rings (SSSR count). The van der Waals surface area contributed by atoms with Gasteiger partial charge in [-0.25, -0.2) is 0 Å². The lowest BCUT2D eigenvalue weighted by Gasteiger charge is -2.26. The summed E-state index contributed by atoms with van der Waals surface area (Å²) in [6, 6.07) is 10.6. The van der Waals surface area contributed by atoms with Crippen molar-refractivity contribution < 1.29 is 4.74 Å². The molecule has 112 valence electrons. The maximum atomic E-state index is 6.29. The quantitative estimate of drug-likeness (QED) is 0.794. The Morgan fingerprint density at radius 2 is 1.95 bits per heavy atom. The normalized spacial score (nSPS) is 23.9. The minimum atomic E-state index is 0.225. The van der Waals surface area contributed by atoms with E-state index in [-0.39, 0.29) is 12.3 Å². The van der Waals surface area contributed by atoms with Crippen molar-refractivity contribution >= 4 is 0 Å². The van der Waals surface area contributed by atoms with Gasteiger partial charge in [0.05, 0.1) is 6.10 Å². The van der Waals surface area contributed by atoms with E-state index in [2.05, 4.69) is 68.1 Å². The monoisotopic (exact) mass is 276 g/mol. The number of ether oxygens (including phenoxy) is 1. The number of benzene rings is 1. The first-order valence-corrected chi connectivity index (χ1v) is 7.67. The number of hydrogen-bond donors (Lipinski definition) is 0. The Kier molecular flexibility index (Phi) is 5.58. The molecule has 1 heterocycles. The fourth-order valence-corrected chi connectivity index (χ4v) is 2.85. The van der Waals surface area contributed by atoms with E-state index in [0.29, 0.717) is 5.92 Å². The Balaban J connectivity index is 1.96. The second-order valence-corrected chi connectivity index (χ2v) is 6.32. The molecule has 0 N–H and O–H groups in total. The van der Waals surface area contributed by atoms with Gasteiger partial charge in [-0.2, -0.15) is 0 Å². The molecule has 1 aromatic carbocycles. The smallest absolute Gasteiger partial charge is 0.113 e. The first kappa shape index (κ1) is 15.5. The third-order valence-corrected chi connectivity index (χ3v) is 3.86. The summed E-state index contributed by atoms with van der Waals surface area (Å²) in [5.74, 6) is 0.531. The molecule has 0 radical (unpaired) electrons. The SMILES string of the molecule is CC(C)[C@H]1O[C@@H](c2ccccc2)CN1CCCN(C)C. The van der Waals surface area contributed by atoms with Gasteiger partial charge in [-0.1, -0.05) is 44.2 Å². The Morgan fingerprint density at radius 3 is 2.55 bits per heavy atom. The van der Waals surface area contributed by atoms with Crippen molar-refractivity contribution in [1.29, 1.82) is 0 Å². The standard InChI is InChI=1S/C17H28N2O/c1-14(2)17-19(12-8-11-18(3)4)13-16(20-17)15-9-6-5-7-10-15/h5-7,9-10,14,16-17H,8,11-13H2,1-4H3/t16-,17-/m1/s1. The molecule has 20 heavy (non-hydrogen) atoms. The minimum absolute atomic E-state index is 0.225. The van der Waals surface area contributed by atoms with Gasteiger partial charge in [-0.05, 0) is 38.5 Å². The molecular formula is C17H28N2O. The zero-order valence-corrected chi connectivity index (χ0v) is 13.2. The molecule has 1 aliphatic heterocycles. The maximum Gasteiger partial charge on any atom is 0.113 e. The molecule has 0 bridgehead atoms. The highest BCUT2D eigenvalue weighted by Gasteiger charge is 2.34. The van der Waals surface area contributed by atoms with Crippen LogP contribution in [0.3, 0.4) is 0 Å². The second kappa shape index (κ2) is 7.21. The van der Waals surface area contributed by atoms with Crippen LogP contribution in [0.5, 0.6) is 0 Å². The third kappa shape index (κ3) is 4.05. The van der Waals surface area contributed by atoms with Crippen molar-refractivity contribution in [2.45, 2.75) is 32.6 Å². The number of nitrogens with zero attached hydrogens (tertiary/aromatic N) is 2. The van der Waals surface area contributed by atoms with Crippen LogP contribution in [0, 0.1) is 5.92 Å². The molecular weight excluding hydrogens is 248 g/mol. The van der Waals surface area contributed by atoms with Crippen molar-refractivity contribution in [3.8, 4) is 0 Å². The van der Waals surface area contributed by atoms with Gasteiger partial charge in [0, 0.05) is 13.1 Å². The van der Waals surface area contributed by atoms with Gasteiger partial charge < -0.3 is 9.64 Å². The van der Waals surface area contributed by atoms with Crippen molar-refractivity contribution in [3.63, 3.8) is 0 Å². The number of rotatable bonds is 6. The number of hydrogen-bond acceptors (Lipinski definition) is 3. The molecule has 1 aliphatic rings. The summed E-state index contributed by atoms with van der Waals surface area (Å²) in [5, 5.41) is 0. The van der Waals surface area contributed by atoms with Crippen LogP contribution < -0.4 is 0 Å². The molecule has 3 nitrogen and oxygen atoms in total. The zero-order valence-electron chi connectivity index (χ0n) is 13.2.